The smallest absolute Gasteiger partial charge is 0.160 e. The number of likely N-dealkylation sites (tertiary alicyclic amines) is 1. The zero-order valence-electron chi connectivity index (χ0n) is 10.2. The number of piperidine rings is 1. The summed E-state index contributed by atoms with van der Waals surface area (Å²) >= 11 is 0. The molecule has 1 aromatic rings. The second kappa shape index (κ2) is 3.91. The van der Waals surface area contributed by atoms with Gasteiger partial charge in [0.1, 0.15) is 0 Å². The van der Waals surface area contributed by atoms with Crippen molar-refractivity contribution in [3.05, 3.63) is 23.3 Å². The van der Waals surface area contributed by atoms with Gasteiger partial charge in [-0.3, -0.25) is 0 Å². The summed E-state index contributed by atoms with van der Waals surface area (Å²) in [6.07, 6.45) is 4.39. The largest absolute Gasteiger partial charge is 0.504 e. The molecular formula is C14H19NO2. The molecular weight excluding hydrogens is 214 g/mol. The van der Waals surface area contributed by atoms with Crippen LogP contribution in [0.5, 0.6) is 11.5 Å². The number of fused-ring (bicyclic) bond motifs is 3. The van der Waals surface area contributed by atoms with Gasteiger partial charge in [-0.25, -0.2) is 0 Å². The lowest BCUT2D eigenvalue weighted by Crippen LogP contribution is -2.43. The number of phenolic OH excluding ortho intramolecular Hbond substituents is 2. The quantitative estimate of drug-likeness (QED) is 0.675. The van der Waals surface area contributed by atoms with Crippen LogP contribution in [0.3, 0.4) is 0 Å². The molecule has 3 nitrogen and oxygen atoms in total. The van der Waals surface area contributed by atoms with E-state index in [9.17, 15) is 10.2 Å². The first-order valence-electron chi connectivity index (χ1n) is 6.42. The Morgan fingerprint density at radius 3 is 2.88 bits per heavy atom. The van der Waals surface area contributed by atoms with Gasteiger partial charge >= 0.3 is 0 Å². The monoisotopic (exact) mass is 233 g/mol. The lowest BCUT2D eigenvalue weighted by atomic mass is 9.74. The average molecular weight is 233 g/mol. The van der Waals surface area contributed by atoms with E-state index in [1.165, 1.54) is 24.9 Å². The van der Waals surface area contributed by atoms with E-state index in [1.54, 1.807) is 6.07 Å². The molecule has 3 rings (SSSR count). The Morgan fingerprint density at radius 1 is 1.24 bits per heavy atom. The van der Waals surface area contributed by atoms with Crippen LogP contribution in [-0.4, -0.2) is 34.7 Å². The van der Waals surface area contributed by atoms with Crippen molar-refractivity contribution >= 4 is 0 Å². The number of rotatable bonds is 0. The normalized spacial score (nSPS) is 28.5. The molecule has 1 aliphatic carbocycles. The summed E-state index contributed by atoms with van der Waals surface area (Å²) < 4.78 is 0. The van der Waals surface area contributed by atoms with Crippen LogP contribution in [0.25, 0.3) is 0 Å². The lowest BCUT2D eigenvalue weighted by molar-refractivity contribution is 0.143. The summed E-state index contributed by atoms with van der Waals surface area (Å²) in [5.41, 5.74) is 2.23. The molecule has 0 aromatic heterocycles. The molecule has 0 spiro atoms. The molecule has 1 heterocycles. The van der Waals surface area contributed by atoms with E-state index in [0.717, 1.165) is 18.4 Å². The maximum absolute atomic E-state index is 9.94. The van der Waals surface area contributed by atoms with Crippen LogP contribution >= 0.6 is 0 Å². The maximum atomic E-state index is 9.94. The molecule has 1 aliphatic heterocycles. The third-order valence-corrected chi connectivity index (χ3v) is 4.44. The van der Waals surface area contributed by atoms with Gasteiger partial charge in [0, 0.05) is 11.6 Å². The highest BCUT2D eigenvalue weighted by Crippen LogP contribution is 2.45. The van der Waals surface area contributed by atoms with Crippen molar-refractivity contribution in [3.8, 4) is 11.5 Å². The Hall–Kier alpha value is -1.22. The zero-order valence-corrected chi connectivity index (χ0v) is 10.2. The van der Waals surface area contributed by atoms with E-state index in [4.69, 9.17) is 0 Å². The van der Waals surface area contributed by atoms with Crippen LogP contribution in [0.1, 0.15) is 36.3 Å². The molecule has 92 valence electrons. The Bertz CT molecular complexity index is 444. The van der Waals surface area contributed by atoms with Gasteiger partial charge in [-0.1, -0.05) is 6.07 Å². The fourth-order valence-corrected chi connectivity index (χ4v) is 3.55. The first-order valence-corrected chi connectivity index (χ1v) is 6.42. The molecule has 2 atom stereocenters. The van der Waals surface area contributed by atoms with Crippen molar-refractivity contribution in [2.75, 3.05) is 13.6 Å². The van der Waals surface area contributed by atoms with Crippen LogP contribution in [0, 0.1) is 0 Å². The van der Waals surface area contributed by atoms with Crippen molar-refractivity contribution in [2.45, 2.75) is 37.6 Å². The summed E-state index contributed by atoms with van der Waals surface area (Å²) in [5.74, 6) is 0.657. The highest BCUT2D eigenvalue weighted by molar-refractivity contribution is 5.51. The van der Waals surface area contributed by atoms with Gasteiger partial charge in [-0.15, -0.1) is 0 Å². The van der Waals surface area contributed by atoms with Gasteiger partial charge in [0.15, 0.2) is 11.5 Å². The zero-order chi connectivity index (χ0) is 12.0. The topological polar surface area (TPSA) is 43.7 Å². The molecule has 2 aliphatic rings. The average Bonchev–Trinajstić information content (AvgIpc) is 2.34. The van der Waals surface area contributed by atoms with Crippen molar-refractivity contribution in [2.24, 2.45) is 0 Å². The number of hydrogen-bond acceptors (Lipinski definition) is 3. The SMILES string of the molecule is CN1CCCC2c3ccc(O)c(O)c3CCC21. The van der Waals surface area contributed by atoms with E-state index in [-0.39, 0.29) is 11.5 Å². The standard InChI is InChI=1S/C14H19NO2/c1-15-8-2-3-10-9-5-7-13(16)14(17)11(9)4-6-12(10)15/h5,7,10,12,16-17H,2-4,6,8H2,1H3. The Kier molecular flexibility index (Phi) is 2.51. The lowest BCUT2D eigenvalue weighted by Gasteiger charge is -2.43. The molecule has 2 N–H and O–H groups in total. The van der Waals surface area contributed by atoms with Crippen molar-refractivity contribution in [1.29, 1.82) is 0 Å². The second-order valence-corrected chi connectivity index (χ2v) is 5.34. The van der Waals surface area contributed by atoms with Gasteiger partial charge in [0.2, 0.25) is 0 Å². The molecule has 1 aromatic carbocycles. The van der Waals surface area contributed by atoms with E-state index >= 15 is 0 Å². The number of aromatic hydroxyl groups is 2. The summed E-state index contributed by atoms with van der Waals surface area (Å²) in [6.45, 7) is 1.18. The number of phenols is 2. The van der Waals surface area contributed by atoms with Gasteiger partial charge in [0.25, 0.3) is 0 Å². The fraction of sp³-hybridized carbons (Fsp3) is 0.571. The number of nitrogens with zero attached hydrogens (tertiary/aromatic N) is 1. The molecule has 1 saturated heterocycles. The molecule has 1 fully saturated rings. The number of likely N-dealkylation sites (N-methyl/N-ethyl adjacent to an activating group) is 1. The molecule has 0 saturated carbocycles. The number of benzene rings is 1. The number of hydrogen-bond donors (Lipinski definition) is 2. The van der Waals surface area contributed by atoms with Gasteiger partial charge < -0.3 is 15.1 Å². The van der Waals surface area contributed by atoms with Crippen LogP contribution < -0.4 is 0 Å². The van der Waals surface area contributed by atoms with Crippen molar-refractivity contribution < 1.29 is 10.2 Å². The van der Waals surface area contributed by atoms with E-state index in [1.807, 2.05) is 6.07 Å². The summed E-state index contributed by atoms with van der Waals surface area (Å²) in [4.78, 5) is 2.45. The molecule has 2 unspecified atom stereocenters. The summed E-state index contributed by atoms with van der Waals surface area (Å²) in [6, 6.07) is 4.24. The van der Waals surface area contributed by atoms with Crippen molar-refractivity contribution in [3.63, 3.8) is 0 Å². The first-order chi connectivity index (χ1) is 8.18. The first kappa shape index (κ1) is 10.9. The second-order valence-electron chi connectivity index (χ2n) is 5.34. The van der Waals surface area contributed by atoms with E-state index < -0.39 is 0 Å². The third-order valence-electron chi connectivity index (χ3n) is 4.44. The van der Waals surface area contributed by atoms with Gasteiger partial charge in [0.05, 0.1) is 0 Å². The van der Waals surface area contributed by atoms with Gasteiger partial charge in [-0.2, -0.15) is 0 Å². The Balaban J connectivity index is 2.05. The Labute approximate surface area is 102 Å². The Morgan fingerprint density at radius 2 is 2.06 bits per heavy atom. The molecule has 0 amide bonds. The predicted octanol–water partition coefficient (Wildman–Crippen LogP) is 2.22. The fourth-order valence-electron chi connectivity index (χ4n) is 3.55. The highest BCUT2D eigenvalue weighted by Gasteiger charge is 2.35. The van der Waals surface area contributed by atoms with Crippen LogP contribution in [0.15, 0.2) is 12.1 Å². The van der Waals surface area contributed by atoms with Crippen LogP contribution in [-0.2, 0) is 6.42 Å². The molecule has 3 heteroatoms. The van der Waals surface area contributed by atoms with E-state index in [0.29, 0.717) is 12.0 Å². The van der Waals surface area contributed by atoms with Crippen molar-refractivity contribution in [1.82, 2.24) is 4.90 Å². The minimum absolute atomic E-state index is 0.0198. The van der Waals surface area contributed by atoms with E-state index in [2.05, 4.69) is 11.9 Å². The maximum Gasteiger partial charge on any atom is 0.160 e. The summed E-state index contributed by atoms with van der Waals surface area (Å²) in [5, 5.41) is 19.5. The molecule has 0 bridgehead atoms. The minimum Gasteiger partial charge on any atom is -0.504 e. The van der Waals surface area contributed by atoms with Crippen LogP contribution in [0.2, 0.25) is 0 Å². The minimum atomic E-state index is 0.0198. The van der Waals surface area contributed by atoms with Crippen LogP contribution in [0.4, 0.5) is 0 Å². The molecule has 17 heavy (non-hydrogen) atoms. The molecule has 0 radical (unpaired) electrons. The third kappa shape index (κ3) is 1.61. The highest BCUT2D eigenvalue weighted by atomic mass is 16.3. The van der Waals surface area contributed by atoms with Gasteiger partial charge in [-0.05, 0) is 56.8 Å². The predicted molar refractivity (Wildman–Crippen MR) is 66.5 cm³/mol. The summed E-state index contributed by atoms with van der Waals surface area (Å²) in [7, 11) is 2.20.